The molecule has 0 aromatic heterocycles. The van der Waals surface area contributed by atoms with E-state index in [9.17, 15) is 4.79 Å². The molecule has 2 fully saturated rings. The van der Waals surface area contributed by atoms with Crippen molar-refractivity contribution in [2.75, 3.05) is 19.6 Å². The van der Waals surface area contributed by atoms with Crippen LogP contribution in [0.25, 0.3) is 0 Å². The van der Waals surface area contributed by atoms with Gasteiger partial charge in [-0.25, -0.2) is 0 Å². The van der Waals surface area contributed by atoms with Crippen molar-refractivity contribution >= 4 is 5.91 Å². The van der Waals surface area contributed by atoms with Gasteiger partial charge in [-0.05, 0) is 44.1 Å². The third kappa shape index (κ3) is 3.01. The van der Waals surface area contributed by atoms with E-state index in [0.29, 0.717) is 5.91 Å². The van der Waals surface area contributed by atoms with Crippen molar-refractivity contribution in [2.24, 2.45) is 10.8 Å². The Morgan fingerprint density at radius 2 is 2.12 bits per heavy atom. The molecule has 1 atom stereocenters. The lowest BCUT2D eigenvalue weighted by atomic mass is 9.82. The first-order chi connectivity index (χ1) is 8.10. The Morgan fingerprint density at radius 1 is 1.35 bits per heavy atom. The van der Waals surface area contributed by atoms with E-state index in [2.05, 4.69) is 24.5 Å². The van der Waals surface area contributed by atoms with Crippen LogP contribution >= 0.6 is 0 Å². The average molecular weight is 238 g/mol. The van der Waals surface area contributed by atoms with Crippen molar-refractivity contribution in [2.45, 2.75) is 52.4 Å². The average Bonchev–Trinajstić information content (AvgIpc) is 3.09. The second-order valence-electron chi connectivity index (χ2n) is 6.30. The van der Waals surface area contributed by atoms with Crippen LogP contribution in [0.15, 0.2) is 0 Å². The minimum absolute atomic E-state index is 0.0210. The number of hydrogen-bond acceptors (Lipinski definition) is 2. The van der Waals surface area contributed by atoms with E-state index in [-0.39, 0.29) is 10.8 Å². The van der Waals surface area contributed by atoms with Crippen molar-refractivity contribution in [3.63, 3.8) is 0 Å². The quantitative estimate of drug-likeness (QED) is 0.770. The maximum Gasteiger partial charge on any atom is 0.226 e. The van der Waals surface area contributed by atoms with E-state index >= 15 is 0 Å². The molecule has 2 aliphatic rings. The lowest BCUT2D eigenvalue weighted by Gasteiger charge is -2.34. The Kier molecular flexibility index (Phi) is 3.76. The molecule has 0 aromatic rings. The lowest BCUT2D eigenvalue weighted by Crippen LogP contribution is -2.47. The standard InChI is InChI=1S/C14H26N2O/c1-3-5-14(7-8-14)12(17)16-11-13(2)6-4-9-15-10-13/h15H,3-11H2,1-2H3,(H,16,17). The minimum Gasteiger partial charge on any atom is -0.355 e. The van der Waals surface area contributed by atoms with Crippen LogP contribution in [0.4, 0.5) is 0 Å². The number of nitrogens with one attached hydrogen (secondary N) is 2. The summed E-state index contributed by atoms with van der Waals surface area (Å²) in [6, 6.07) is 0. The first-order valence-corrected chi connectivity index (χ1v) is 7.09. The Balaban J connectivity index is 1.79. The van der Waals surface area contributed by atoms with Gasteiger partial charge in [0.1, 0.15) is 0 Å². The molecule has 0 aromatic carbocycles. The molecule has 1 amide bonds. The molecule has 0 bridgehead atoms. The summed E-state index contributed by atoms with van der Waals surface area (Å²) in [6.45, 7) is 7.44. The monoisotopic (exact) mass is 238 g/mol. The lowest BCUT2D eigenvalue weighted by molar-refractivity contribution is -0.127. The van der Waals surface area contributed by atoms with Gasteiger partial charge in [0.25, 0.3) is 0 Å². The topological polar surface area (TPSA) is 41.1 Å². The molecule has 1 aliphatic carbocycles. The van der Waals surface area contributed by atoms with E-state index in [4.69, 9.17) is 0 Å². The SMILES string of the molecule is CCCC1(C(=O)NCC2(C)CCCNC2)CC1. The van der Waals surface area contributed by atoms with Gasteiger partial charge in [-0.1, -0.05) is 20.3 Å². The Labute approximate surface area is 105 Å². The molecular weight excluding hydrogens is 212 g/mol. The summed E-state index contributed by atoms with van der Waals surface area (Å²) in [5.74, 6) is 0.311. The summed E-state index contributed by atoms with van der Waals surface area (Å²) >= 11 is 0. The molecule has 1 saturated carbocycles. The third-order valence-corrected chi connectivity index (χ3v) is 4.43. The summed E-state index contributed by atoms with van der Waals surface area (Å²) in [5.41, 5.74) is 0.281. The van der Waals surface area contributed by atoms with E-state index < -0.39 is 0 Å². The number of carbonyl (C=O) groups is 1. The van der Waals surface area contributed by atoms with Gasteiger partial charge in [-0.15, -0.1) is 0 Å². The highest BCUT2D eigenvalue weighted by Crippen LogP contribution is 2.49. The van der Waals surface area contributed by atoms with Gasteiger partial charge < -0.3 is 10.6 Å². The van der Waals surface area contributed by atoms with Crippen LogP contribution in [0.3, 0.4) is 0 Å². The molecule has 1 aliphatic heterocycles. The second kappa shape index (κ2) is 4.97. The Hall–Kier alpha value is -0.570. The van der Waals surface area contributed by atoms with Crippen LogP contribution in [-0.2, 0) is 4.79 Å². The predicted octanol–water partition coefficient (Wildman–Crippen LogP) is 2.07. The molecule has 17 heavy (non-hydrogen) atoms. The fraction of sp³-hybridized carbons (Fsp3) is 0.929. The van der Waals surface area contributed by atoms with Crippen LogP contribution in [0, 0.1) is 10.8 Å². The number of rotatable bonds is 5. The molecule has 98 valence electrons. The predicted molar refractivity (Wildman–Crippen MR) is 69.8 cm³/mol. The molecule has 1 unspecified atom stereocenters. The van der Waals surface area contributed by atoms with Gasteiger partial charge >= 0.3 is 0 Å². The molecule has 1 saturated heterocycles. The highest BCUT2D eigenvalue weighted by Gasteiger charge is 2.48. The van der Waals surface area contributed by atoms with Gasteiger partial charge in [-0.3, -0.25) is 4.79 Å². The van der Waals surface area contributed by atoms with Crippen molar-refractivity contribution < 1.29 is 4.79 Å². The maximum absolute atomic E-state index is 12.2. The first-order valence-electron chi connectivity index (χ1n) is 7.09. The highest BCUT2D eigenvalue weighted by atomic mass is 16.2. The number of amides is 1. The van der Waals surface area contributed by atoms with Gasteiger partial charge in [0.2, 0.25) is 5.91 Å². The van der Waals surface area contributed by atoms with E-state index in [1.807, 2.05) is 0 Å². The molecule has 3 heteroatoms. The van der Waals surface area contributed by atoms with Crippen molar-refractivity contribution in [1.29, 1.82) is 0 Å². The summed E-state index contributed by atoms with van der Waals surface area (Å²) in [4.78, 5) is 12.2. The first kappa shape index (κ1) is 12.9. The summed E-state index contributed by atoms with van der Waals surface area (Å²) in [6.07, 6.45) is 6.83. The fourth-order valence-electron chi connectivity index (χ4n) is 2.97. The zero-order chi connectivity index (χ0) is 12.4. The third-order valence-electron chi connectivity index (χ3n) is 4.43. The maximum atomic E-state index is 12.2. The van der Waals surface area contributed by atoms with Crippen LogP contribution in [0.2, 0.25) is 0 Å². The van der Waals surface area contributed by atoms with Crippen molar-refractivity contribution in [3.05, 3.63) is 0 Å². The summed E-state index contributed by atoms with van der Waals surface area (Å²) in [7, 11) is 0. The summed E-state index contributed by atoms with van der Waals surface area (Å²) < 4.78 is 0. The van der Waals surface area contributed by atoms with E-state index in [1.54, 1.807) is 0 Å². The molecule has 2 rings (SSSR count). The fourth-order valence-corrected chi connectivity index (χ4v) is 2.97. The number of hydrogen-bond donors (Lipinski definition) is 2. The molecule has 2 N–H and O–H groups in total. The smallest absolute Gasteiger partial charge is 0.226 e. The number of carbonyl (C=O) groups excluding carboxylic acids is 1. The molecule has 0 radical (unpaired) electrons. The summed E-state index contributed by atoms with van der Waals surface area (Å²) in [5, 5.41) is 6.63. The molecule has 0 spiro atoms. The van der Waals surface area contributed by atoms with Crippen LogP contribution in [0.1, 0.15) is 52.4 Å². The van der Waals surface area contributed by atoms with E-state index in [0.717, 1.165) is 45.3 Å². The van der Waals surface area contributed by atoms with Crippen molar-refractivity contribution in [1.82, 2.24) is 10.6 Å². The molecule has 1 heterocycles. The van der Waals surface area contributed by atoms with Gasteiger partial charge in [0.15, 0.2) is 0 Å². The van der Waals surface area contributed by atoms with Crippen LogP contribution < -0.4 is 10.6 Å². The van der Waals surface area contributed by atoms with Crippen LogP contribution in [0.5, 0.6) is 0 Å². The molecular formula is C14H26N2O. The van der Waals surface area contributed by atoms with E-state index in [1.165, 1.54) is 12.8 Å². The van der Waals surface area contributed by atoms with Gasteiger partial charge in [0, 0.05) is 18.5 Å². The normalized spacial score (nSPS) is 30.9. The zero-order valence-electron chi connectivity index (χ0n) is 11.3. The second-order valence-corrected chi connectivity index (χ2v) is 6.30. The van der Waals surface area contributed by atoms with Crippen LogP contribution in [-0.4, -0.2) is 25.5 Å². The Morgan fingerprint density at radius 3 is 2.65 bits per heavy atom. The van der Waals surface area contributed by atoms with Gasteiger partial charge in [-0.2, -0.15) is 0 Å². The highest BCUT2D eigenvalue weighted by molar-refractivity contribution is 5.85. The molecule has 3 nitrogen and oxygen atoms in total. The Bertz CT molecular complexity index is 278. The largest absolute Gasteiger partial charge is 0.355 e. The number of piperidine rings is 1. The minimum atomic E-state index is 0.0210. The van der Waals surface area contributed by atoms with Crippen molar-refractivity contribution in [3.8, 4) is 0 Å². The van der Waals surface area contributed by atoms with Gasteiger partial charge in [0.05, 0.1) is 0 Å². The zero-order valence-corrected chi connectivity index (χ0v) is 11.3.